The maximum Gasteiger partial charge on any atom is 0.302 e. The molecule has 2 nitrogen and oxygen atoms in total. The van der Waals surface area contributed by atoms with Crippen LogP contribution >= 0.6 is 0 Å². The van der Waals surface area contributed by atoms with Crippen LogP contribution < -0.4 is 0 Å². The van der Waals surface area contributed by atoms with E-state index in [1.807, 2.05) is 0 Å². The van der Waals surface area contributed by atoms with Gasteiger partial charge in [0.2, 0.25) is 0 Å². The second kappa shape index (κ2) is 7.85. The van der Waals surface area contributed by atoms with Crippen LogP contribution in [-0.2, 0) is 9.53 Å². The first kappa shape index (κ1) is 24.9. The number of hydrogen-bond donors (Lipinski definition) is 0. The highest BCUT2D eigenvalue weighted by molar-refractivity contribution is 5.66. The van der Waals surface area contributed by atoms with Gasteiger partial charge in [-0.25, -0.2) is 0 Å². The van der Waals surface area contributed by atoms with Crippen molar-refractivity contribution in [3.63, 3.8) is 0 Å². The molecular formula is C32H52O2. The lowest BCUT2D eigenvalue weighted by atomic mass is 9.31. The third-order valence-electron chi connectivity index (χ3n) is 13.8. The Labute approximate surface area is 210 Å². The van der Waals surface area contributed by atoms with Crippen molar-refractivity contribution in [2.45, 2.75) is 120 Å². The highest BCUT2D eigenvalue weighted by atomic mass is 16.5. The van der Waals surface area contributed by atoms with Crippen LogP contribution in [0.15, 0.2) is 11.6 Å². The molecule has 9 unspecified atom stereocenters. The minimum Gasteiger partial charge on any atom is -0.465 e. The number of ether oxygens (including phenoxy) is 1. The van der Waals surface area contributed by atoms with Crippen LogP contribution in [0, 0.1) is 56.7 Å². The van der Waals surface area contributed by atoms with Crippen molar-refractivity contribution in [3.05, 3.63) is 11.6 Å². The first-order chi connectivity index (χ1) is 15.9. The zero-order valence-electron chi connectivity index (χ0n) is 23.6. The lowest BCUT2D eigenvalue weighted by Crippen LogP contribution is -2.67. The molecule has 2 heteroatoms. The minimum atomic E-state index is -0.0891. The van der Waals surface area contributed by atoms with Gasteiger partial charge in [-0.2, -0.15) is 0 Å². The predicted molar refractivity (Wildman–Crippen MR) is 140 cm³/mol. The van der Waals surface area contributed by atoms with Gasteiger partial charge in [0.25, 0.3) is 0 Å². The number of carbonyl (C=O) groups is 1. The summed E-state index contributed by atoms with van der Waals surface area (Å²) in [5, 5.41) is 0. The molecule has 0 aliphatic heterocycles. The Kier molecular flexibility index (Phi) is 5.75. The smallest absolute Gasteiger partial charge is 0.302 e. The molecule has 0 spiro atoms. The average Bonchev–Trinajstić information content (AvgIpc) is 3.13. The minimum absolute atomic E-state index is 0.0891. The largest absolute Gasteiger partial charge is 0.465 e. The van der Waals surface area contributed by atoms with E-state index in [0.717, 1.165) is 17.8 Å². The Morgan fingerprint density at radius 2 is 1.59 bits per heavy atom. The Morgan fingerprint density at radius 1 is 0.912 bits per heavy atom. The van der Waals surface area contributed by atoms with Crippen molar-refractivity contribution in [2.75, 3.05) is 6.61 Å². The summed E-state index contributed by atoms with van der Waals surface area (Å²) in [5.41, 5.74) is 3.28. The zero-order valence-corrected chi connectivity index (χ0v) is 23.6. The molecule has 0 heterocycles. The van der Waals surface area contributed by atoms with Crippen LogP contribution in [0.25, 0.3) is 0 Å². The van der Waals surface area contributed by atoms with E-state index in [-0.39, 0.29) is 16.8 Å². The Morgan fingerprint density at radius 3 is 2.26 bits per heavy atom. The number of fused-ring (bicyclic) bond motifs is 7. The standard InChI is InChI=1S/C32H52O2/c1-21(2)24-12-13-25-29(24,6)16-17-31(8)27-14-15-28(5)22(3)10-9-11-26(28)32(27,20-34-23(4)33)19-18-30(25,31)7/h10,21,24-27H,9,11-20H2,1-8H3. The summed E-state index contributed by atoms with van der Waals surface area (Å²) in [6.07, 6.45) is 15.8. The molecule has 5 rings (SSSR count). The maximum absolute atomic E-state index is 12.1. The molecular weight excluding hydrogens is 416 g/mol. The van der Waals surface area contributed by atoms with Crippen molar-refractivity contribution >= 4 is 5.97 Å². The van der Waals surface area contributed by atoms with Gasteiger partial charge >= 0.3 is 5.97 Å². The Bertz CT molecular complexity index is 872. The molecule has 5 aliphatic carbocycles. The molecule has 4 fully saturated rings. The summed E-state index contributed by atoms with van der Waals surface area (Å²) in [5.74, 6) is 3.75. The topological polar surface area (TPSA) is 26.3 Å². The fourth-order valence-corrected chi connectivity index (χ4v) is 11.9. The third-order valence-corrected chi connectivity index (χ3v) is 13.8. The van der Waals surface area contributed by atoms with Gasteiger partial charge in [-0.3, -0.25) is 4.79 Å². The second-order valence-electron chi connectivity index (χ2n) is 14.9. The van der Waals surface area contributed by atoms with Crippen LogP contribution in [0.5, 0.6) is 0 Å². The fourth-order valence-electron chi connectivity index (χ4n) is 11.9. The number of rotatable bonds is 3. The normalized spacial score (nSPS) is 52.2. The molecule has 0 aromatic rings. The zero-order chi connectivity index (χ0) is 24.7. The molecule has 0 radical (unpaired) electrons. The molecule has 0 N–H and O–H groups in total. The van der Waals surface area contributed by atoms with E-state index in [1.54, 1.807) is 12.5 Å². The van der Waals surface area contributed by atoms with Crippen molar-refractivity contribution in [1.82, 2.24) is 0 Å². The van der Waals surface area contributed by atoms with Crippen molar-refractivity contribution in [2.24, 2.45) is 56.7 Å². The second-order valence-corrected chi connectivity index (χ2v) is 14.9. The monoisotopic (exact) mass is 468 g/mol. The van der Waals surface area contributed by atoms with E-state index < -0.39 is 0 Å². The molecule has 192 valence electrons. The van der Waals surface area contributed by atoms with Gasteiger partial charge in [0.15, 0.2) is 0 Å². The number of carbonyl (C=O) groups excluding carboxylic acids is 1. The molecule has 5 aliphatic rings. The van der Waals surface area contributed by atoms with Gasteiger partial charge < -0.3 is 4.74 Å². The summed E-state index contributed by atoms with van der Waals surface area (Å²) in [4.78, 5) is 12.1. The predicted octanol–water partition coefficient (Wildman–Crippen LogP) is 8.60. The highest BCUT2D eigenvalue weighted by Crippen LogP contribution is 2.79. The number of allylic oxidation sites excluding steroid dienone is 2. The summed E-state index contributed by atoms with van der Waals surface area (Å²) >= 11 is 0. The lowest BCUT2D eigenvalue weighted by molar-refractivity contribution is -0.251. The van der Waals surface area contributed by atoms with Gasteiger partial charge in [-0.1, -0.05) is 53.2 Å². The first-order valence-corrected chi connectivity index (χ1v) is 14.7. The van der Waals surface area contributed by atoms with Gasteiger partial charge in [0.05, 0.1) is 6.61 Å². The van der Waals surface area contributed by atoms with E-state index in [0.29, 0.717) is 34.7 Å². The molecule has 0 aromatic carbocycles. The quantitative estimate of drug-likeness (QED) is 0.306. The van der Waals surface area contributed by atoms with E-state index in [1.165, 1.54) is 64.2 Å². The third kappa shape index (κ3) is 3.01. The molecule has 0 saturated heterocycles. The number of esters is 1. The summed E-state index contributed by atoms with van der Waals surface area (Å²) in [7, 11) is 0. The van der Waals surface area contributed by atoms with Crippen molar-refractivity contribution in [1.29, 1.82) is 0 Å². The first-order valence-electron chi connectivity index (χ1n) is 14.7. The summed E-state index contributed by atoms with van der Waals surface area (Å²) in [6, 6.07) is 0. The van der Waals surface area contributed by atoms with Gasteiger partial charge in [0, 0.05) is 12.3 Å². The fraction of sp³-hybridized carbons (Fsp3) is 0.906. The number of hydrogen-bond acceptors (Lipinski definition) is 2. The molecule has 34 heavy (non-hydrogen) atoms. The van der Waals surface area contributed by atoms with Gasteiger partial charge in [0.1, 0.15) is 0 Å². The molecule has 0 amide bonds. The highest BCUT2D eigenvalue weighted by Gasteiger charge is 2.72. The van der Waals surface area contributed by atoms with E-state index in [4.69, 9.17) is 4.74 Å². The summed E-state index contributed by atoms with van der Waals surface area (Å²) in [6.45, 7) is 20.2. The molecule has 0 aromatic heterocycles. The molecule has 4 saturated carbocycles. The molecule has 9 atom stereocenters. The van der Waals surface area contributed by atoms with Crippen LogP contribution in [0.1, 0.15) is 120 Å². The van der Waals surface area contributed by atoms with Crippen molar-refractivity contribution < 1.29 is 9.53 Å². The van der Waals surface area contributed by atoms with Gasteiger partial charge in [-0.15, -0.1) is 0 Å². The van der Waals surface area contributed by atoms with Gasteiger partial charge in [-0.05, 0) is 122 Å². The van der Waals surface area contributed by atoms with E-state index in [2.05, 4.69) is 54.5 Å². The summed E-state index contributed by atoms with van der Waals surface area (Å²) < 4.78 is 6.03. The van der Waals surface area contributed by atoms with E-state index >= 15 is 0 Å². The maximum atomic E-state index is 12.1. The SMILES string of the molecule is CC(=O)OCC12CCC3(C)C4CCC(C(C)C)C4(C)CCC3(C)C1CCC1(C)C(C)=CCCC12. The van der Waals surface area contributed by atoms with Crippen LogP contribution in [0.3, 0.4) is 0 Å². The van der Waals surface area contributed by atoms with Crippen molar-refractivity contribution in [3.8, 4) is 0 Å². The lowest BCUT2D eigenvalue weighted by Gasteiger charge is -2.73. The van der Waals surface area contributed by atoms with Crippen LogP contribution in [-0.4, -0.2) is 12.6 Å². The van der Waals surface area contributed by atoms with Crippen LogP contribution in [0.4, 0.5) is 0 Å². The Balaban J connectivity index is 1.58. The van der Waals surface area contributed by atoms with Crippen LogP contribution in [0.2, 0.25) is 0 Å². The van der Waals surface area contributed by atoms with E-state index in [9.17, 15) is 4.79 Å². The molecule has 0 bridgehead atoms. The average molecular weight is 469 g/mol. The Hall–Kier alpha value is -0.790.